The predicted molar refractivity (Wildman–Crippen MR) is 244 cm³/mol. The highest BCUT2D eigenvalue weighted by Gasteiger charge is 2.31. The smallest absolute Gasteiger partial charge is 0.410 e. The maximum atomic E-state index is 14.4. The minimum absolute atomic E-state index is 0.0199. The van der Waals surface area contributed by atoms with Crippen molar-refractivity contribution in [3.05, 3.63) is 106 Å². The predicted octanol–water partition coefficient (Wildman–Crippen LogP) is 11.4. The van der Waals surface area contributed by atoms with E-state index in [1.807, 2.05) is 65.8 Å². The molecular formula is C46H50Cl2F2N10O4. The van der Waals surface area contributed by atoms with Gasteiger partial charge >= 0.3 is 12.2 Å². The van der Waals surface area contributed by atoms with Crippen LogP contribution in [-0.2, 0) is 9.47 Å². The zero-order valence-corrected chi connectivity index (χ0v) is 38.0. The van der Waals surface area contributed by atoms with Crippen molar-refractivity contribution >= 4 is 80.5 Å². The number of anilines is 4. The van der Waals surface area contributed by atoms with Crippen molar-refractivity contribution in [2.24, 2.45) is 0 Å². The topological polar surface area (TPSA) is 160 Å². The number of pyridine rings is 2. The molecule has 18 heteroatoms. The highest BCUT2D eigenvalue weighted by Crippen LogP contribution is 2.33. The van der Waals surface area contributed by atoms with Crippen LogP contribution < -0.4 is 10.6 Å². The molecule has 0 spiro atoms. The van der Waals surface area contributed by atoms with Crippen LogP contribution in [0.2, 0.25) is 10.0 Å². The van der Waals surface area contributed by atoms with Crippen LogP contribution >= 0.6 is 23.2 Å². The second-order valence-electron chi connectivity index (χ2n) is 17.6. The van der Waals surface area contributed by atoms with E-state index in [2.05, 4.69) is 30.6 Å². The van der Waals surface area contributed by atoms with Gasteiger partial charge in [-0.05, 0) is 116 Å². The van der Waals surface area contributed by atoms with Crippen molar-refractivity contribution < 1.29 is 27.8 Å². The van der Waals surface area contributed by atoms with Crippen molar-refractivity contribution in [1.29, 1.82) is 0 Å². The normalized spacial score (nSPS) is 16.8. The highest BCUT2D eigenvalue weighted by atomic mass is 35.5. The standard InChI is InChI=1S/2C23H25ClFN5O2/c2*1-23(2,3)32-22(31)30-11-5-6-14(12-30)16-9-10-18-20(28-16)21(27-13-26-18)29-17-8-4-7-15(24)19(17)25/h2*4,7-10,13-14H,5-6,11-12H2,1-3H3,(H,26,27,29)/t14-;/m1./s1. The molecule has 1 unspecified atom stereocenters. The Bertz CT molecular complexity index is 2480. The summed E-state index contributed by atoms with van der Waals surface area (Å²) in [6, 6.07) is 17.0. The van der Waals surface area contributed by atoms with E-state index < -0.39 is 22.8 Å². The minimum Gasteiger partial charge on any atom is -0.444 e. The third kappa shape index (κ3) is 11.4. The largest absolute Gasteiger partial charge is 0.444 e. The summed E-state index contributed by atoms with van der Waals surface area (Å²) in [5, 5.41) is 6.00. The molecule has 2 atom stereocenters. The molecule has 6 heterocycles. The molecule has 2 N–H and O–H groups in total. The summed E-state index contributed by atoms with van der Waals surface area (Å²) in [5.41, 5.74) is 3.30. The summed E-state index contributed by atoms with van der Waals surface area (Å²) >= 11 is 11.8. The summed E-state index contributed by atoms with van der Waals surface area (Å²) in [7, 11) is 0. The van der Waals surface area contributed by atoms with Crippen LogP contribution in [0.1, 0.15) is 90.4 Å². The number of nitrogens with zero attached hydrogens (tertiary/aromatic N) is 8. The molecular weight excluding hydrogens is 865 g/mol. The van der Waals surface area contributed by atoms with Gasteiger partial charge < -0.3 is 29.9 Å². The van der Waals surface area contributed by atoms with Gasteiger partial charge in [0.2, 0.25) is 0 Å². The van der Waals surface area contributed by atoms with Gasteiger partial charge in [0.15, 0.2) is 23.3 Å². The number of piperidine rings is 2. The summed E-state index contributed by atoms with van der Waals surface area (Å²) < 4.78 is 39.8. The Hall–Kier alpha value is -6.00. The first kappa shape index (κ1) is 46.0. The molecule has 0 saturated carbocycles. The average Bonchev–Trinajstić information content (AvgIpc) is 3.26. The second kappa shape index (κ2) is 19.4. The van der Waals surface area contributed by atoms with Crippen LogP contribution in [0, 0.1) is 11.6 Å². The van der Waals surface area contributed by atoms with Crippen LogP contribution in [0.3, 0.4) is 0 Å². The summed E-state index contributed by atoms with van der Waals surface area (Å²) in [6.45, 7) is 13.5. The Morgan fingerprint density at radius 2 is 1.03 bits per heavy atom. The highest BCUT2D eigenvalue weighted by molar-refractivity contribution is 6.31. The van der Waals surface area contributed by atoms with E-state index in [9.17, 15) is 18.4 Å². The molecule has 0 bridgehead atoms. The van der Waals surface area contributed by atoms with E-state index in [-0.39, 0.29) is 45.4 Å². The zero-order valence-electron chi connectivity index (χ0n) is 36.5. The summed E-state index contributed by atoms with van der Waals surface area (Å²) in [6.07, 6.45) is 5.68. The molecule has 64 heavy (non-hydrogen) atoms. The van der Waals surface area contributed by atoms with Crippen LogP contribution in [0.15, 0.2) is 73.3 Å². The van der Waals surface area contributed by atoms with E-state index in [0.717, 1.165) is 37.1 Å². The number of halogens is 4. The lowest BCUT2D eigenvalue weighted by Gasteiger charge is -2.34. The molecule has 4 aromatic heterocycles. The Morgan fingerprint density at radius 1 is 0.625 bits per heavy atom. The first-order valence-electron chi connectivity index (χ1n) is 21.0. The van der Waals surface area contributed by atoms with Gasteiger partial charge in [-0.3, -0.25) is 0 Å². The van der Waals surface area contributed by atoms with Gasteiger partial charge in [0.25, 0.3) is 0 Å². The van der Waals surface area contributed by atoms with Crippen molar-refractivity contribution in [3.63, 3.8) is 0 Å². The fourth-order valence-electron chi connectivity index (χ4n) is 7.43. The fourth-order valence-corrected chi connectivity index (χ4v) is 7.77. The van der Waals surface area contributed by atoms with Gasteiger partial charge in [0.05, 0.1) is 32.5 Å². The Kier molecular flexibility index (Phi) is 13.9. The van der Waals surface area contributed by atoms with Crippen molar-refractivity contribution in [2.45, 2.75) is 90.3 Å². The molecule has 2 aromatic carbocycles. The van der Waals surface area contributed by atoms with Crippen LogP contribution in [0.5, 0.6) is 0 Å². The van der Waals surface area contributed by atoms with Crippen molar-refractivity contribution in [1.82, 2.24) is 39.7 Å². The number of fused-ring (bicyclic) bond motifs is 2. The van der Waals surface area contributed by atoms with E-state index in [0.29, 0.717) is 59.9 Å². The lowest BCUT2D eigenvalue weighted by Crippen LogP contribution is -2.42. The third-order valence-electron chi connectivity index (χ3n) is 10.4. The van der Waals surface area contributed by atoms with Gasteiger partial charge in [0.1, 0.15) is 34.9 Å². The number of aromatic nitrogens is 6. The molecule has 2 aliphatic heterocycles. The fraction of sp³-hybridized carbons (Fsp3) is 0.391. The number of hydrogen-bond acceptors (Lipinski definition) is 12. The average molecular weight is 916 g/mol. The maximum Gasteiger partial charge on any atom is 0.410 e. The van der Waals surface area contributed by atoms with Crippen molar-refractivity contribution in [3.8, 4) is 0 Å². The first-order chi connectivity index (χ1) is 30.4. The lowest BCUT2D eigenvalue weighted by molar-refractivity contribution is 0.0187. The number of likely N-dealkylation sites (tertiary alicyclic amines) is 2. The Balaban J connectivity index is 0.000000191. The monoisotopic (exact) mass is 914 g/mol. The van der Waals surface area contributed by atoms with Gasteiger partial charge in [-0.15, -0.1) is 0 Å². The number of benzene rings is 2. The molecule has 336 valence electrons. The summed E-state index contributed by atoms with van der Waals surface area (Å²) in [4.78, 5) is 55.2. The zero-order chi connectivity index (χ0) is 45.8. The second-order valence-corrected chi connectivity index (χ2v) is 18.5. The third-order valence-corrected chi connectivity index (χ3v) is 11.0. The first-order valence-corrected chi connectivity index (χ1v) is 21.8. The molecule has 2 fully saturated rings. The van der Waals surface area contributed by atoms with E-state index in [1.165, 1.54) is 24.8 Å². The van der Waals surface area contributed by atoms with Gasteiger partial charge in [-0.1, -0.05) is 35.3 Å². The SMILES string of the molecule is CC(C)(C)OC(=O)N1CCCC(c2ccc3ncnc(Nc4cccc(Cl)c4F)c3n2)C1.CC(C)(C)OC(=O)N1CCC[C@@H](c2ccc3ncnc(Nc4cccc(Cl)c4F)c3n2)C1. The molecule has 2 aliphatic rings. The molecule has 0 aliphatic carbocycles. The Labute approximate surface area is 380 Å². The summed E-state index contributed by atoms with van der Waals surface area (Å²) in [5.74, 6) is -0.237. The van der Waals surface area contributed by atoms with E-state index in [4.69, 9.17) is 42.6 Å². The molecule has 14 nitrogen and oxygen atoms in total. The van der Waals surface area contributed by atoms with Crippen LogP contribution in [-0.4, -0.2) is 89.3 Å². The number of hydrogen-bond donors (Lipinski definition) is 2. The molecule has 6 aromatic rings. The number of carbonyl (C=O) groups is 2. The van der Waals surface area contributed by atoms with Gasteiger partial charge in [0, 0.05) is 49.4 Å². The number of rotatable bonds is 6. The number of carbonyl (C=O) groups excluding carboxylic acids is 2. The number of nitrogens with one attached hydrogen (secondary N) is 2. The number of amides is 2. The van der Waals surface area contributed by atoms with Crippen molar-refractivity contribution in [2.75, 3.05) is 36.8 Å². The molecule has 0 radical (unpaired) electrons. The number of ether oxygens (including phenoxy) is 2. The quantitative estimate of drug-likeness (QED) is 0.163. The van der Waals surface area contributed by atoms with E-state index >= 15 is 0 Å². The van der Waals surface area contributed by atoms with Crippen LogP contribution in [0.4, 0.5) is 41.4 Å². The van der Waals surface area contributed by atoms with Crippen LogP contribution in [0.25, 0.3) is 22.1 Å². The molecule has 2 amide bonds. The maximum absolute atomic E-state index is 14.4. The minimum atomic E-state index is -0.558. The van der Waals surface area contributed by atoms with Gasteiger partial charge in [-0.2, -0.15) is 0 Å². The Morgan fingerprint density at radius 3 is 1.42 bits per heavy atom. The molecule has 8 rings (SSSR count). The van der Waals surface area contributed by atoms with Gasteiger partial charge in [-0.25, -0.2) is 48.3 Å². The lowest BCUT2D eigenvalue weighted by atomic mass is 9.94. The van der Waals surface area contributed by atoms with E-state index in [1.54, 1.807) is 34.1 Å². The molecule has 2 saturated heterocycles.